The molecule has 78 valence electrons. The Labute approximate surface area is 89.7 Å². The molecule has 1 atom stereocenters. The average Bonchev–Trinajstić information content (AvgIpc) is 2.64. The molecule has 2 heteroatoms. The Balaban J connectivity index is 2.32. The van der Waals surface area contributed by atoms with E-state index in [4.69, 9.17) is 10.2 Å². The molecule has 0 aliphatic carbocycles. The number of furan rings is 1. The molecular formula is C13H15NO. The molecule has 0 bridgehead atoms. The van der Waals surface area contributed by atoms with Crippen molar-refractivity contribution in [3.63, 3.8) is 0 Å². The number of hydrogen-bond donors (Lipinski definition) is 1. The largest absolute Gasteiger partial charge is 0.469 e. The number of benzene rings is 1. The van der Waals surface area contributed by atoms with Crippen molar-refractivity contribution in [3.05, 3.63) is 59.0 Å². The van der Waals surface area contributed by atoms with Crippen LogP contribution in [0.4, 0.5) is 0 Å². The van der Waals surface area contributed by atoms with Crippen LogP contribution in [0.3, 0.4) is 0 Å². The van der Waals surface area contributed by atoms with Crippen LogP contribution in [0.15, 0.2) is 41.0 Å². The van der Waals surface area contributed by atoms with Gasteiger partial charge in [0, 0.05) is 5.56 Å². The molecule has 1 unspecified atom stereocenters. The Hall–Kier alpha value is -1.54. The quantitative estimate of drug-likeness (QED) is 0.811. The summed E-state index contributed by atoms with van der Waals surface area (Å²) in [7, 11) is 0. The molecule has 0 saturated heterocycles. The lowest BCUT2D eigenvalue weighted by molar-refractivity contribution is 0.530. The van der Waals surface area contributed by atoms with Crippen LogP contribution in [-0.2, 0) is 0 Å². The number of nitrogens with two attached hydrogens (primary N) is 1. The van der Waals surface area contributed by atoms with Gasteiger partial charge in [0.1, 0.15) is 5.76 Å². The van der Waals surface area contributed by atoms with Gasteiger partial charge in [0.05, 0.1) is 12.3 Å². The summed E-state index contributed by atoms with van der Waals surface area (Å²) in [5.41, 5.74) is 9.51. The minimum absolute atomic E-state index is 0.0950. The average molecular weight is 201 g/mol. The van der Waals surface area contributed by atoms with Crippen LogP contribution in [0, 0.1) is 13.8 Å². The highest BCUT2D eigenvalue weighted by atomic mass is 16.3. The lowest BCUT2D eigenvalue weighted by atomic mass is 10.0. The van der Waals surface area contributed by atoms with E-state index in [2.05, 4.69) is 19.1 Å². The van der Waals surface area contributed by atoms with Crippen LogP contribution in [0.5, 0.6) is 0 Å². The van der Waals surface area contributed by atoms with Crippen molar-refractivity contribution in [2.45, 2.75) is 19.9 Å². The molecule has 2 rings (SSSR count). The van der Waals surface area contributed by atoms with Crippen LogP contribution in [0.1, 0.15) is 28.5 Å². The molecule has 1 aromatic heterocycles. The van der Waals surface area contributed by atoms with Crippen LogP contribution in [-0.4, -0.2) is 0 Å². The smallest absolute Gasteiger partial charge is 0.101 e. The fraction of sp³-hybridized carbons (Fsp3) is 0.231. The second-order valence-electron chi connectivity index (χ2n) is 3.88. The van der Waals surface area contributed by atoms with Crippen LogP contribution < -0.4 is 5.73 Å². The molecule has 0 spiro atoms. The lowest BCUT2D eigenvalue weighted by Crippen LogP contribution is -2.10. The van der Waals surface area contributed by atoms with E-state index in [1.807, 2.05) is 25.1 Å². The summed E-state index contributed by atoms with van der Waals surface area (Å²) >= 11 is 0. The number of hydrogen-bond acceptors (Lipinski definition) is 2. The van der Waals surface area contributed by atoms with Gasteiger partial charge in [-0.05, 0) is 25.5 Å². The minimum Gasteiger partial charge on any atom is -0.469 e. The first kappa shape index (κ1) is 9.99. The zero-order valence-corrected chi connectivity index (χ0v) is 9.03. The van der Waals surface area contributed by atoms with Gasteiger partial charge in [-0.25, -0.2) is 0 Å². The maximum Gasteiger partial charge on any atom is 0.101 e. The molecule has 0 saturated carbocycles. The normalized spacial score (nSPS) is 12.7. The second kappa shape index (κ2) is 3.91. The molecule has 2 aromatic rings. The first-order chi connectivity index (χ1) is 7.16. The Kier molecular flexibility index (Phi) is 2.60. The van der Waals surface area contributed by atoms with Crippen molar-refractivity contribution >= 4 is 0 Å². The third kappa shape index (κ3) is 2.10. The van der Waals surface area contributed by atoms with Gasteiger partial charge in [-0.15, -0.1) is 0 Å². The van der Waals surface area contributed by atoms with Crippen molar-refractivity contribution in [2.75, 3.05) is 0 Å². The van der Waals surface area contributed by atoms with E-state index in [0.717, 1.165) is 16.9 Å². The highest BCUT2D eigenvalue weighted by Crippen LogP contribution is 2.21. The Morgan fingerprint density at radius 3 is 2.53 bits per heavy atom. The first-order valence-corrected chi connectivity index (χ1v) is 5.04. The van der Waals surface area contributed by atoms with Gasteiger partial charge in [0.2, 0.25) is 0 Å². The Morgan fingerprint density at radius 2 is 1.93 bits per heavy atom. The van der Waals surface area contributed by atoms with E-state index >= 15 is 0 Å². The van der Waals surface area contributed by atoms with Gasteiger partial charge >= 0.3 is 0 Å². The molecule has 2 nitrogen and oxygen atoms in total. The van der Waals surface area contributed by atoms with E-state index in [1.165, 1.54) is 5.56 Å². The summed E-state index contributed by atoms with van der Waals surface area (Å²) in [6.45, 7) is 3.99. The van der Waals surface area contributed by atoms with Crippen LogP contribution in [0.2, 0.25) is 0 Å². The maximum atomic E-state index is 6.14. The molecule has 0 aliphatic heterocycles. The van der Waals surface area contributed by atoms with E-state index in [0.29, 0.717) is 0 Å². The topological polar surface area (TPSA) is 39.2 Å². The Morgan fingerprint density at radius 1 is 1.13 bits per heavy atom. The lowest BCUT2D eigenvalue weighted by Gasteiger charge is -2.10. The predicted molar refractivity (Wildman–Crippen MR) is 60.7 cm³/mol. The molecule has 0 radical (unpaired) electrons. The number of aryl methyl sites for hydroxylation is 2. The molecule has 0 fully saturated rings. The molecule has 15 heavy (non-hydrogen) atoms. The zero-order valence-electron chi connectivity index (χ0n) is 9.03. The van der Waals surface area contributed by atoms with Gasteiger partial charge in [0.15, 0.2) is 0 Å². The third-order valence-electron chi connectivity index (χ3n) is 2.51. The van der Waals surface area contributed by atoms with Crippen molar-refractivity contribution < 1.29 is 4.42 Å². The standard InChI is InChI=1S/C13H15NO/c1-9-4-3-5-11(6-9)13(14)12-7-10(2)15-8-12/h3-8,13H,14H2,1-2H3. The summed E-state index contributed by atoms with van der Waals surface area (Å²) in [6.07, 6.45) is 1.72. The van der Waals surface area contributed by atoms with Gasteiger partial charge in [0.25, 0.3) is 0 Å². The van der Waals surface area contributed by atoms with Gasteiger partial charge < -0.3 is 10.2 Å². The minimum atomic E-state index is -0.0950. The molecular weight excluding hydrogens is 186 g/mol. The fourth-order valence-electron chi connectivity index (χ4n) is 1.68. The highest BCUT2D eigenvalue weighted by Gasteiger charge is 2.10. The van der Waals surface area contributed by atoms with E-state index in [1.54, 1.807) is 6.26 Å². The predicted octanol–water partition coefficient (Wildman–Crippen LogP) is 2.94. The first-order valence-electron chi connectivity index (χ1n) is 5.04. The third-order valence-corrected chi connectivity index (χ3v) is 2.51. The summed E-state index contributed by atoms with van der Waals surface area (Å²) in [5, 5.41) is 0. The summed E-state index contributed by atoms with van der Waals surface area (Å²) in [6, 6.07) is 10.1. The van der Waals surface area contributed by atoms with Crippen LogP contribution in [0.25, 0.3) is 0 Å². The van der Waals surface area contributed by atoms with Crippen molar-refractivity contribution in [3.8, 4) is 0 Å². The molecule has 1 heterocycles. The monoisotopic (exact) mass is 201 g/mol. The Bertz CT molecular complexity index is 459. The zero-order chi connectivity index (χ0) is 10.8. The van der Waals surface area contributed by atoms with E-state index in [-0.39, 0.29) is 6.04 Å². The van der Waals surface area contributed by atoms with Gasteiger partial charge in [-0.3, -0.25) is 0 Å². The second-order valence-corrected chi connectivity index (χ2v) is 3.88. The van der Waals surface area contributed by atoms with Crippen LogP contribution >= 0.6 is 0 Å². The van der Waals surface area contributed by atoms with Gasteiger partial charge in [-0.2, -0.15) is 0 Å². The highest BCUT2D eigenvalue weighted by molar-refractivity contribution is 5.32. The van der Waals surface area contributed by atoms with E-state index in [9.17, 15) is 0 Å². The maximum absolute atomic E-state index is 6.14. The molecule has 0 amide bonds. The fourth-order valence-corrected chi connectivity index (χ4v) is 1.68. The molecule has 2 N–H and O–H groups in total. The number of rotatable bonds is 2. The van der Waals surface area contributed by atoms with E-state index < -0.39 is 0 Å². The summed E-state index contributed by atoms with van der Waals surface area (Å²) in [4.78, 5) is 0. The van der Waals surface area contributed by atoms with Crippen molar-refractivity contribution in [2.24, 2.45) is 5.73 Å². The van der Waals surface area contributed by atoms with Crippen molar-refractivity contribution in [1.29, 1.82) is 0 Å². The molecule has 1 aromatic carbocycles. The summed E-state index contributed by atoms with van der Waals surface area (Å²) in [5.74, 6) is 0.896. The SMILES string of the molecule is Cc1cccc(C(N)c2coc(C)c2)c1. The molecule has 0 aliphatic rings. The van der Waals surface area contributed by atoms with Crippen molar-refractivity contribution in [1.82, 2.24) is 0 Å². The summed E-state index contributed by atoms with van der Waals surface area (Å²) < 4.78 is 5.26. The van der Waals surface area contributed by atoms with Gasteiger partial charge in [-0.1, -0.05) is 29.8 Å².